The number of alkyl carbamates (subject to hydrolysis) is 1. The van der Waals surface area contributed by atoms with Crippen molar-refractivity contribution in [3.8, 4) is 0 Å². The summed E-state index contributed by atoms with van der Waals surface area (Å²) in [6.07, 6.45) is 0.526. The number of hydrogen-bond acceptors (Lipinski definition) is 7. The molecule has 0 spiro atoms. The first-order valence-electron chi connectivity index (χ1n) is 10.8. The number of ether oxygens (including phenoxy) is 2. The van der Waals surface area contributed by atoms with Crippen LogP contribution in [0.5, 0.6) is 0 Å². The number of amides is 3. The Kier molecular flexibility index (Phi) is 10.7. The lowest BCUT2D eigenvalue weighted by Gasteiger charge is -2.33. The van der Waals surface area contributed by atoms with E-state index in [2.05, 4.69) is 21.9 Å². The van der Waals surface area contributed by atoms with E-state index in [9.17, 15) is 24.3 Å². The molecular weight excluding hydrogens is 442 g/mol. The van der Waals surface area contributed by atoms with Gasteiger partial charge in [-0.15, -0.1) is 6.58 Å². The zero-order valence-electron chi connectivity index (χ0n) is 20.6. The molecule has 1 aromatic rings. The molecule has 0 bridgehead atoms. The lowest BCUT2D eigenvalue weighted by Crippen LogP contribution is -2.54. The van der Waals surface area contributed by atoms with Gasteiger partial charge in [0.2, 0.25) is 11.8 Å². The lowest BCUT2D eigenvalue weighted by atomic mass is 9.98. The SMILES string of the molecule is C=CCN(C(=O)C(CO)NC(=O)OC(C)(C)C)C(C(=O)NCC(=O)OC)c1ccc(C)c(C)c1. The van der Waals surface area contributed by atoms with Crippen molar-refractivity contribution in [2.45, 2.75) is 52.3 Å². The van der Waals surface area contributed by atoms with Crippen LogP contribution >= 0.6 is 0 Å². The van der Waals surface area contributed by atoms with Crippen molar-refractivity contribution in [2.24, 2.45) is 0 Å². The Bertz CT molecular complexity index is 908. The van der Waals surface area contributed by atoms with E-state index in [0.717, 1.165) is 11.1 Å². The van der Waals surface area contributed by atoms with Gasteiger partial charge in [0.25, 0.3) is 0 Å². The van der Waals surface area contributed by atoms with Gasteiger partial charge in [0.1, 0.15) is 24.2 Å². The molecule has 1 aromatic carbocycles. The van der Waals surface area contributed by atoms with Gasteiger partial charge in [-0.25, -0.2) is 4.79 Å². The predicted octanol–water partition coefficient (Wildman–Crippen LogP) is 1.53. The molecule has 3 N–H and O–H groups in total. The van der Waals surface area contributed by atoms with Crippen LogP contribution in [0.4, 0.5) is 4.79 Å². The average Bonchev–Trinajstić information content (AvgIpc) is 2.76. The molecule has 2 atom stereocenters. The summed E-state index contributed by atoms with van der Waals surface area (Å²) in [5, 5.41) is 14.7. The van der Waals surface area contributed by atoms with Gasteiger partial charge in [-0.2, -0.15) is 0 Å². The Morgan fingerprint density at radius 3 is 2.32 bits per heavy atom. The normalized spacial score (nSPS) is 12.7. The summed E-state index contributed by atoms with van der Waals surface area (Å²) in [5.74, 6) is -2.03. The van der Waals surface area contributed by atoms with Crippen molar-refractivity contribution in [2.75, 3.05) is 26.8 Å². The summed E-state index contributed by atoms with van der Waals surface area (Å²) >= 11 is 0. The Balaban J connectivity index is 3.37. The smallest absolute Gasteiger partial charge is 0.408 e. The summed E-state index contributed by atoms with van der Waals surface area (Å²) in [6, 6.07) is 2.71. The van der Waals surface area contributed by atoms with Gasteiger partial charge in [0, 0.05) is 6.54 Å². The maximum atomic E-state index is 13.4. The van der Waals surface area contributed by atoms with Gasteiger partial charge >= 0.3 is 12.1 Å². The zero-order chi connectivity index (χ0) is 26.1. The van der Waals surface area contributed by atoms with E-state index < -0.39 is 54.7 Å². The highest BCUT2D eigenvalue weighted by Crippen LogP contribution is 2.25. The van der Waals surface area contributed by atoms with E-state index in [1.165, 1.54) is 18.1 Å². The largest absolute Gasteiger partial charge is 0.468 e. The number of nitrogens with zero attached hydrogens (tertiary/aromatic N) is 1. The molecule has 0 fully saturated rings. The fourth-order valence-corrected chi connectivity index (χ4v) is 3.03. The Labute approximate surface area is 200 Å². The molecule has 188 valence electrons. The van der Waals surface area contributed by atoms with E-state index in [4.69, 9.17) is 4.74 Å². The average molecular weight is 478 g/mol. The Morgan fingerprint density at radius 2 is 1.82 bits per heavy atom. The number of aliphatic hydroxyl groups is 1. The van der Waals surface area contributed by atoms with Crippen LogP contribution in [0.15, 0.2) is 30.9 Å². The van der Waals surface area contributed by atoms with E-state index in [1.54, 1.807) is 32.9 Å². The maximum absolute atomic E-state index is 13.4. The summed E-state index contributed by atoms with van der Waals surface area (Å²) in [5.41, 5.74) is 1.54. The van der Waals surface area contributed by atoms with E-state index >= 15 is 0 Å². The zero-order valence-corrected chi connectivity index (χ0v) is 20.6. The second-order valence-corrected chi connectivity index (χ2v) is 8.70. The molecule has 10 heteroatoms. The van der Waals surface area contributed by atoms with Gasteiger partial charge in [-0.05, 0) is 51.3 Å². The predicted molar refractivity (Wildman–Crippen MR) is 126 cm³/mol. The fraction of sp³-hybridized carbons (Fsp3) is 0.500. The number of methoxy groups -OCH3 is 1. The Morgan fingerprint density at radius 1 is 1.18 bits per heavy atom. The van der Waals surface area contributed by atoms with Crippen LogP contribution in [0.25, 0.3) is 0 Å². The first-order chi connectivity index (χ1) is 15.8. The van der Waals surface area contributed by atoms with E-state index in [-0.39, 0.29) is 6.54 Å². The number of nitrogens with one attached hydrogen (secondary N) is 2. The molecule has 0 heterocycles. The minimum atomic E-state index is -1.38. The minimum absolute atomic E-state index is 0.0748. The molecular formula is C24H35N3O7. The second-order valence-electron chi connectivity index (χ2n) is 8.70. The second kappa shape index (κ2) is 12.7. The molecule has 2 unspecified atom stereocenters. The molecule has 0 aliphatic rings. The first kappa shape index (κ1) is 28.6. The van der Waals surface area contributed by atoms with Crippen LogP contribution in [-0.2, 0) is 23.9 Å². The maximum Gasteiger partial charge on any atom is 0.408 e. The van der Waals surface area contributed by atoms with Crippen LogP contribution in [0.3, 0.4) is 0 Å². The third-order valence-electron chi connectivity index (χ3n) is 4.82. The van der Waals surface area contributed by atoms with Crippen molar-refractivity contribution < 1.29 is 33.8 Å². The monoisotopic (exact) mass is 477 g/mol. The van der Waals surface area contributed by atoms with Crippen LogP contribution < -0.4 is 10.6 Å². The standard InChI is InChI=1S/C24H35N3O7/c1-8-11-27(22(31)18(14-28)26-23(32)34-24(4,5)6)20(21(30)25-13-19(29)33-7)17-10-9-15(2)16(3)12-17/h8-10,12,18,20,28H,1,11,13-14H2,2-7H3,(H,25,30)(H,26,32). The van der Waals surface area contributed by atoms with Crippen LogP contribution in [0.1, 0.15) is 43.5 Å². The molecule has 0 radical (unpaired) electrons. The van der Waals surface area contributed by atoms with Gasteiger partial charge in [0.15, 0.2) is 0 Å². The van der Waals surface area contributed by atoms with Gasteiger partial charge in [-0.1, -0.05) is 24.3 Å². The topological polar surface area (TPSA) is 134 Å². The molecule has 0 aromatic heterocycles. The Hall–Kier alpha value is -3.40. The summed E-state index contributed by atoms with van der Waals surface area (Å²) in [6.45, 7) is 11.2. The van der Waals surface area contributed by atoms with Crippen LogP contribution in [-0.4, -0.2) is 72.3 Å². The number of hydrogen-bond donors (Lipinski definition) is 3. The van der Waals surface area contributed by atoms with E-state index in [0.29, 0.717) is 5.56 Å². The number of aliphatic hydroxyl groups excluding tert-OH is 1. The molecule has 1 rings (SSSR count). The fourth-order valence-electron chi connectivity index (χ4n) is 3.03. The number of rotatable bonds is 10. The molecule has 0 saturated carbocycles. The van der Waals surface area contributed by atoms with Crippen molar-refractivity contribution in [3.05, 3.63) is 47.5 Å². The third-order valence-corrected chi connectivity index (χ3v) is 4.82. The van der Waals surface area contributed by atoms with Gasteiger partial charge in [0.05, 0.1) is 13.7 Å². The van der Waals surface area contributed by atoms with Crippen molar-refractivity contribution in [3.63, 3.8) is 0 Å². The van der Waals surface area contributed by atoms with Gasteiger partial charge in [-0.3, -0.25) is 14.4 Å². The highest BCUT2D eigenvalue weighted by Gasteiger charge is 2.35. The summed E-state index contributed by atoms with van der Waals surface area (Å²) in [4.78, 5) is 51.5. The number of carbonyl (C=O) groups is 4. The van der Waals surface area contributed by atoms with Gasteiger partial charge < -0.3 is 30.1 Å². The molecule has 0 saturated heterocycles. The lowest BCUT2D eigenvalue weighted by molar-refractivity contribution is -0.144. The van der Waals surface area contributed by atoms with Crippen LogP contribution in [0.2, 0.25) is 0 Å². The molecule has 3 amide bonds. The van der Waals surface area contributed by atoms with Crippen molar-refractivity contribution >= 4 is 23.9 Å². The summed E-state index contributed by atoms with van der Waals surface area (Å²) in [7, 11) is 1.19. The first-order valence-corrected chi connectivity index (χ1v) is 10.8. The van der Waals surface area contributed by atoms with E-state index in [1.807, 2.05) is 19.9 Å². The quantitative estimate of drug-likeness (QED) is 0.344. The van der Waals surface area contributed by atoms with Crippen molar-refractivity contribution in [1.29, 1.82) is 0 Å². The molecule has 10 nitrogen and oxygen atoms in total. The number of benzene rings is 1. The number of esters is 1. The number of aryl methyl sites for hydroxylation is 2. The van der Waals surface area contributed by atoms with Crippen molar-refractivity contribution in [1.82, 2.24) is 15.5 Å². The number of carbonyl (C=O) groups excluding carboxylic acids is 4. The molecule has 0 aliphatic carbocycles. The summed E-state index contributed by atoms with van der Waals surface area (Å²) < 4.78 is 9.75. The molecule has 0 aliphatic heterocycles. The highest BCUT2D eigenvalue weighted by atomic mass is 16.6. The third kappa shape index (κ3) is 8.51. The highest BCUT2D eigenvalue weighted by molar-refractivity contribution is 5.93. The minimum Gasteiger partial charge on any atom is -0.468 e. The van der Waals surface area contributed by atoms with Crippen LogP contribution in [0, 0.1) is 13.8 Å². The molecule has 34 heavy (non-hydrogen) atoms.